The average molecular weight is 312 g/mol. The Morgan fingerprint density at radius 1 is 1.33 bits per heavy atom. The van der Waals surface area contributed by atoms with Crippen LogP contribution in [-0.4, -0.2) is 38.8 Å². The van der Waals surface area contributed by atoms with Crippen LogP contribution in [0.1, 0.15) is 27.2 Å². The number of aliphatic hydroxyl groups excluding tert-OH is 1. The zero-order chi connectivity index (χ0) is 15.6. The highest BCUT2D eigenvalue weighted by Gasteiger charge is 2.30. The van der Waals surface area contributed by atoms with Crippen LogP contribution < -0.4 is 9.62 Å². The quantitative estimate of drug-likeness (QED) is 0.866. The van der Waals surface area contributed by atoms with Gasteiger partial charge in [-0.05, 0) is 50.5 Å². The van der Waals surface area contributed by atoms with Crippen molar-refractivity contribution in [2.75, 3.05) is 18.1 Å². The van der Waals surface area contributed by atoms with Crippen molar-refractivity contribution in [2.45, 2.75) is 44.2 Å². The largest absolute Gasteiger partial charge is 0.394 e. The van der Waals surface area contributed by atoms with Gasteiger partial charge in [-0.15, -0.1) is 0 Å². The van der Waals surface area contributed by atoms with Crippen molar-refractivity contribution in [3.05, 3.63) is 24.3 Å². The first kappa shape index (κ1) is 16.3. The van der Waals surface area contributed by atoms with Crippen molar-refractivity contribution in [1.29, 1.82) is 0 Å². The third-order valence-corrected chi connectivity index (χ3v) is 5.61. The average Bonchev–Trinajstić information content (AvgIpc) is 2.78. The van der Waals surface area contributed by atoms with E-state index in [1.165, 1.54) is 0 Å². The Labute approximate surface area is 127 Å². The van der Waals surface area contributed by atoms with Crippen LogP contribution in [0.5, 0.6) is 0 Å². The zero-order valence-electron chi connectivity index (χ0n) is 12.8. The molecule has 2 N–H and O–H groups in total. The molecule has 0 amide bonds. The second kappa shape index (κ2) is 6.34. The number of anilines is 1. The lowest BCUT2D eigenvalue weighted by atomic mass is 10.0. The maximum Gasteiger partial charge on any atom is 0.240 e. The summed E-state index contributed by atoms with van der Waals surface area (Å²) < 4.78 is 26.7. The smallest absolute Gasteiger partial charge is 0.240 e. The number of hydrogen-bond donors (Lipinski definition) is 2. The van der Waals surface area contributed by atoms with E-state index in [1.807, 2.05) is 12.1 Å². The summed E-state index contributed by atoms with van der Waals surface area (Å²) >= 11 is 0. The molecule has 0 aromatic heterocycles. The Kier molecular flexibility index (Phi) is 4.91. The Morgan fingerprint density at radius 3 is 2.48 bits per heavy atom. The molecule has 1 aliphatic heterocycles. The van der Waals surface area contributed by atoms with E-state index >= 15 is 0 Å². The first-order valence-electron chi connectivity index (χ1n) is 7.35. The topological polar surface area (TPSA) is 69.6 Å². The molecule has 0 bridgehead atoms. The van der Waals surface area contributed by atoms with Gasteiger partial charge in [0.25, 0.3) is 0 Å². The van der Waals surface area contributed by atoms with Crippen LogP contribution in [-0.2, 0) is 10.0 Å². The monoisotopic (exact) mass is 312 g/mol. The molecule has 1 fully saturated rings. The number of nitrogens with zero attached hydrogens (tertiary/aromatic N) is 1. The molecule has 2 unspecified atom stereocenters. The van der Waals surface area contributed by atoms with E-state index in [0.717, 1.165) is 18.7 Å². The third kappa shape index (κ3) is 3.56. The van der Waals surface area contributed by atoms with Gasteiger partial charge >= 0.3 is 0 Å². The van der Waals surface area contributed by atoms with Gasteiger partial charge in [-0.25, -0.2) is 13.1 Å². The SMILES string of the molecule is CC(C)NS(=O)(=O)c1ccc(N2CCC(C)C2CO)cc1. The lowest BCUT2D eigenvalue weighted by Gasteiger charge is -2.27. The summed E-state index contributed by atoms with van der Waals surface area (Å²) in [5.74, 6) is 0.445. The summed E-state index contributed by atoms with van der Waals surface area (Å²) in [6, 6.07) is 6.86. The van der Waals surface area contributed by atoms with Gasteiger partial charge in [0.2, 0.25) is 10.0 Å². The van der Waals surface area contributed by atoms with Crippen molar-refractivity contribution in [3.63, 3.8) is 0 Å². The Bertz CT molecular complexity index is 569. The molecule has 2 atom stereocenters. The van der Waals surface area contributed by atoms with Crippen LogP contribution >= 0.6 is 0 Å². The summed E-state index contributed by atoms with van der Waals surface area (Å²) in [7, 11) is -3.45. The van der Waals surface area contributed by atoms with Crippen molar-refractivity contribution < 1.29 is 13.5 Å². The van der Waals surface area contributed by atoms with Crippen LogP contribution in [0.3, 0.4) is 0 Å². The maximum atomic E-state index is 12.1. The van der Waals surface area contributed by atoms with Crippen LogP contribution in [0.2, 0.25) is 0 Å². The fourth-order valence-corrected chi connectivity index (χ4v) is 4.05. The number of aliphatic hydroxyl groups is 1. The molecule has 1 aromatic carbocycles. The minimum atomic E-state index is -3.45. The highest BCUT2D eigenvalue weighted by Crippen LogP contribution is 2.30. The molecule has 0 spiro atoms. The summed E-state index contributed by atoms with van der Waals surface area (Å²) in [4.78, 5) is 2.42. The highest BCUT2D eigenvalue weighted by molar-refractivity contribution is 7.89. The Balaban J connectivity index is 2.20. The highest BCUT2D eigenvalue weighted by atomic mass is 32.2. The van der Waals surface area contributed by atoms with Crippen LogP contribution in [0.25, 0.3) is 0 Å². The van der Waals surface area contributed by atoms with E-state index in [2.05, 4.69) is 16.5 Å². The number of benzene rings is 1. The van der Waals surface area contributed by atoms with Gasteiger partial charge in [-0.2, -0.15) is 0 Å². The number of nitrogens with one attached hydrogen (secondary N) is 1. The van der Waals surface area contributed by atoms with E-state index in [1.54, 1.807) is 26.0 Å². The van der Waals surface area contributed by atoms with Gasteiger partial charge in [0, 0.05) is 18.3 Å². The van der Waals surface area contributed by atoms with E-state index in [-0.39, 0.29) is 23.6 Å². The van der Waals surface area contributed by atoms with E-state index < -0.39 is 10.0 Å². The zero-order valence-corrected chi connectivity index (χ0v) is 13.6. The van der Waals surface area contributed by atoms with Crippen molar-refractivity contribution in [2.24, 2.45) is 5.92 Å². The second-order valence-electron chi connectivity index (χ2n) is 5.98. The van der Waals surface area contributed by atoms with Gasteiger partial charge in [0.15, 0.2) is 0 Å². The lowest BCUT2D eigenvalue weighted by Crippen LogP contribution is -2.35. The number of rotatable bonds is 5. The predicted octanol–water partition coefficient (Wildman–Crippen LogP) is 1.58. The van der Waals surface area contributed by atoms with Gasteiger partial charge in [0.1, 0.15) is 0 Å². The van der Waals surface area contributed by atoms with Gasteiger partial charge in [-0.1, -0.05) is 6.92 Å². The molecule has 21 heavy (non-hydrogen) atoms. The molecule has 0 radical (unpaired) electrons. The fourth-order valence-electron chi connectivity index (χ4n) is 2.80. The Hall–Kier alpha value is -1.11. The Morgan fingerprint density at radius 2 is 1.95 bits per heavy atom. The van der Waals surface area contributed by atoms with E-state index in [9.17, 15) is 13.5 Å². The van der Waals surface area contributed by atoms with E-state index in [0.29, 0.717) is 5.92 Å². The molecular formula is C15H24N2O3S. The predicted molar refractivity (Wildman–Crippen MR) is 83.9 cm³/mol. The van der Waals surface area contributed by atoms with Crippen LogP contribution in [0.4, 0.5) is 5.69 Å². The molecule has 1 heterocycles. The molecule has 1 aromatic rings. The number of sulfonamides is 1. The van der Waals surface area contributed by atoms with Gasteiger partial charge < -0.3 is 10.0 Å². The number of hydrogen-bond acceptors (Lipinski definition) is 4. The lowest BCUT2D eigenvalue weighted by molar-refractivity contribution is 0.245. The normalized spacial score (nSPS) is 23.0. The molecule has 0 saturated carbocycles. The molecule has 6 heteroatoms. The van der Waals surface area contributed by atoms with Crippen molar-refractivity contribution in [1.82, 2.24) is 4.72 Å². The summed E-state index contributed by atoms with van der Waals surface area (Å²) in [5.41, 5.74) is 0.960. The molecule has 1 saturated heterocycles. The minimum absolute atomic E-state index is 0.112. The maximum absolute atomic E-state index is 12.1. The standard InChI is InChI=1S/C15H24N2O3S/c1-11(2)16-21(19,20)14-6-4-13(5-7-14)17-9-8-12(3)15(17)10-18/h4-7,11-12,15-16,18H,8-10H2,1-3H3. The van der Waals surface area contributed by atoms with Crippen molar-refractivity contribution in [3.8, 4) is 0 Å². The van der Waals surface area contributed by atoms with Gasteiger partial charge in [-0.3, -0.25) is 0 Å². The van der Waals surface area contributed by atoms with Gasteiger partial charge in [0.05, 0.1) is 17.5 Å². The van der Waals surface area contributed by atoms with Crippen LogP contribution in [0.15, 0.2) is 29.2 Å². The summed E-state index contributed by atoms with van der Waals surface area (Å²) in [6.45, 7) is 6.73. The van der Waals surface area contributed by atoms with E-state index in [4.69, 9.17) is 0 Å². The fraction of sp³-hybridized carbons (Fsp3) is 0.600. The molecule has 118 valence electrons. The summed E-state index contributed by atoms with van der Waals surface area (Å²) in [5, 5.41) is 9.50. The molecule has 5 nitrogen and oxygen atoms in total. The second-order valence-corrected chi connectivity index (χ2v) is 7.69. The molecule has 2 rings (SSSR count). The molecular weight excluding hydrogens is 288 g/mol. The molecule has 0 aliphatic carbocycles. The molecule has 1 aliphatic rings. The van der Waals surface area contributed by atoms with Crippen molar-refractivity contribution >= 4 is 15.7 Å². The minimum Gasteiger partial charge on any atom is -0.394 e. The first-order chi connectivity index (χ1) is 9.85. The third-order valence-electron chi connectivity index (χ3n) is 3.94. The first-order valence-corrected chi connectivity index (χ1v) is 8.83. The van der Waals surface area contributed by atoms with Crippen LogP contribution in [0, 0.1) is 5.92 Å². The summed E-state index contributed by atoms with van der Waals surface area (Å²) in [6.07, 6.45) is 1.04.